The molecule has 4 aromatic rings. The standard InChI is InChI=1S/C22H26N6.Pt/c1-17-15-18(26-25-17)9-7-8-12-22(2,3)28-16-27(19-10-5-4-6-11-19)20-21(28)24-14-13-23-20;/h4-6,10-11,13-15H,7-9,12H2,1-3H3,(H,25,26);. The number of rotatable bonds is 7. The van der Waals surface area contributed by atoms with Crippen LogP contribution >= 0.6 is 0 Å². The fourth-order valence-corrected chi connectivity index (χ4v) is 5.26. The molecule has 0 atom stereocenters. The molecular weight excluding hydrogens is 543 g/mol. The third-order valence-corrected chi connectivity index (χ3v) is 6.29. The Morgan fingerprint density at radius 2 is 1.76 bits per heavy atom. The number of hydrogen-bond acceptors (Lipinski definition) is 3. The van der Waals surface area contributed by atoms with Crippen LogP contribution in [0.3, 0.4) is 0 Å². The van der Waals surface area contributed by atoms with E-state index in [0.29, 0.717) is 0 Å². The van der Waals surface area contributed by atoms with Gasteiger partial charge >= 0.3 is 182 Å². The molecule has 0 fully saturated rings. The molecule has 0 saturated carbocycles. The van der Waals surface area contributed by atoms with Gasteiger partial charge in [-0.1, -0.05) is 0 Å². The van der Waals surface area contributed by atoms with Crippen LogP contribution in [-0.4, -0.2) is 29.3 Å². The molecular formula is C22H26N6Pt. The van der Waals surface area contributed by atoms with Gasteiger partial charge in [0, 0.05) is 0 Å². The molecule has 6 nitrogen and oxygen atoms in total. The van der Waals surface area contributed by atoms with E-state index in [1.165, 1.54) is 0 Å². The molecule has 0 unspecified atom stereocenters. The molecule has 1 N–H and O–H groups in total. The number of H-pyrrole nitrogens is 1. The molecule has 0 amide bonds. The first kappa shape index (κ1) is 20.0. The first-order valence-corrected chi connectivity index (χ1v) is 11.1. The maximum absolute atomic E-state index is 4.69. The number of aryl methyl sites for hydroxylation is 2. The van der Waals surface area contributed by atoms with E-state index in [9.17, 15) is 0 Å². The Labute approximate surface area is 181 Å². The van der Waals surface area contributed by atoms with E-state index in [2.05, 4.69) is 87.8 Å². The van der Waals surface area contributed by atoms with Crippen LogP contribution in [0.15, 0.2) is 48.8 Å². The van der Waals surface area contributed by atoms with Gasteiger partial charge in [0.25, 0.3) is 0 Å². The van der Waals surface area contributed by atoms with Crippen molar-refractivity contribution >= 4 is 11.3 Å². The SMILES string of the molecule is Cc1cc(CCCCC(C)(C)n2[c](=[Pt])n(-c3ccccc3)c3nccnc32)n[nH]1. The quantitative estimate of drug-likeness (QED) is 0.334. The number of imidazole rings is 1. The van der Waals surface area contributed by atoms with Crippen molar-refractivity contribution in [2.24, 2.45) is 0 Å². The number of unbranched alkanes of at least 4 members (excludes halogenated alkanes) is 1. The molecule has 29 heavy (non-hydrogen) atoms. The van der Waals surface area contributed by atoms with Gasteiger partial charge in [-0.25, -0.2) is 0 Å². The van der Waals surface area contributed by atoms with Gasteiger partial charge in [-0.3, -0.25) is 0 Å². The van der Waals surface area contributed by atoms with Crippen LogP contribution in [0.1, 0.15) is 44.5 Å². The molecule has 154 valence electrons. The number of nitrogens with zero attached hydrogens (tertiary/aromatic N) is 5. The van der Waals surface area contributed by atoms with Gasteiger partial charge in [0.2, 0.25) is 0 Å². The number of aromatic amines is 1. The predicted molar refractivity (Wildman–Crippen MR) is 110 cm³/mol. The van der Waals surface area contributed by atoms with E-state index in [0.717, 1.165) is 57.9 Å². The zero-order chi connectivity index (χ0) is 20.4. The zero-order valence-corrected chi connectivity index (χ0v) is 19.3. The van der Waals surface area contributed by atoms with Crippen LogP contribution in [0.25, 0.3) is 17.0 Å². The van der Waals surface area contributed by atoms with Crippen LogP contribution in [0, 0.1) is 10.7 Å². The number of aromatic nitrogens is 6. The van der Waals surface area contributed by atoms with E-state index >= 15 is 0 Å². The van der Waals surface area contributed by atoms with Gasteiger partial charge < -0.3 is 0 Å². The minimum absolute atomic E-state index is 0.0765. The van der Waals surface area contributed by atoms with Crippen molar-refractivity contribution in [3.63, 3.8) is 0 Å². The van der Waals surface area contributed by atoms with Crippen LogP contribution in [0.4, 0.5) is 0 Å². The van der Waals surface area contributed by atoms with Gasteiger partial charge in [-0.2, -0.15) is 0 Å². The van der Waals surface area contributed by atoms with Gasteiger partial charge in [-0.15, -0.1) is 0 Å². The van der Waals surface area contributed by atoms with Gasteiger partial charge in [-0.05, 0) is 0 Å². The summed E-state index contributed by atoms with van der Waals surface area (Å²) in [5.74, 6) is 0. The fourth-order valence-electron chi connectivity index (χ4n) is 3.79. The first-order chi connectivity index (χ1) is 14.0. The van der Waals surface area contributed by atoms with Crippen molar-refractivity contribution in [3.05, 3.63) is 64.0 Å². The minimum atomic E-state index is -0.0765. The monoisotopic (exact) mass is 569 g/mol. The Balaban J connectivity index is 1.62. The summed E-state index contributed by atoms with van der Waals surface area (Å²) in [5.41, 5.74) is 5.11. The molecule has 7 heteroatoms. The maximum atomic E-state index is 4.69. The molecule has 0 aliphatic rings. The van der Waals surface area contributed by atoms with Gasteiger partial charge in [0.1, 0.15) is 0 Å². The van der Waals surface area contributed by atoms with Crippen LogP contribution < -0.4 is 0 Å². The van der Waals surface area contributed by atoms with Crippen molar-refractivity contribution in [1.29, 1.82) is 0 Å². The Bertz CT molecular complexity index is 1170. The second kappa shape index (κ2) is 8.19. The van der Waals surface area contributed by atoms with Crippen molar-refractivity contribution < 1.29 is 19.4 Å². The van der Waals surface area contributed by atoms with E-state index in [1.54, 1.807) is 12.4 Å². The molecule has 0 spiro atoms. The summed E-state index contributed by atoms with van der Waals surface area (Å²) in [7, 11) is 0. The van der Waals surface area contributed by atoms with Crippen molar-refractivity contribution in [2.45, 2.75) is 52.0 Å². The second-order valence-corrected chi connectivity index (χ2v) is 9.03. The summed E-state index contributed by atoms with van der Waals surface area (Å²) >= 11 is 2.41. The normalized spacial score (nSPS) is 12.0. The molecule has 0 bridgehead atoms. The number of para-hydroxylation sites is 1. The molecule has 4 rings (SSSR count). The van der Waals surface area contributed by atoms with Gasteiger partial charge in [0.05, 0.1) is 0 Å². The molecule has 0 aliphatic heterocycles. The molecule has 0 aliphatic carbocycles. The second-order valence-electron chi connectivity index (χ2n) is 8.01. The van der Waals surface area contributed by atoms with Crippen LogP contribution in [0.5, 0.6) is 0 Å². The third kappa shape index (κ3) is 4.04. The molecule has 0 radical (unpaired) electrons. The molecule has 0 saturated heterocycles. The van der Waals surface area contributed by atoms with E-state index in [-0.39, 0.29) is 5.54 Å². The van der Waals surface area contributed by atoms with E-state index < -0.39 is 0 Å². The fraction of sp³-hybridized carbons (Fsp3) is 0.364. The Morgan fingerprint density at radius 3 is 2.45 bits per heavy atom. The van der Waals surface area contributed by atoms with Gasteiger partial charge in [0.15, 0.2) is 0 Å². The number of fused-ring (bicyclic) bond motifs is 1. The zero-order valence-electron chi connectivity index (χ0n) is 17.0. The summed E-state index contributed by atoms with van der Waals surface area (Å²) in [5, 5.41) is 7.37. The van der Waals surface area contributed by atoms with E-state index in [1.807, 2.05) is 13.0 Å². The first-order valence-electron chi connectivity index (χ1n) is 9.94. The molecule has 3 aromatic heterocycles. The summed E-state index contributed by atoms with van der Waals surface area (Å²) in [6.45, 7) is 6.62. The summed E-state index contributed by atoms with van der Waals surface area (Å²) in [6.07, 6.45) is 7.85. The van der Waals surface area contributed by atoms with Crippen LogP contribution in [-0.2, 0) is 31.3 Å². The molecule has 3 heterocycles. The van der Waals surface area contributed by atoms with Crippen molar-refractivity contribution in [3.8, 4) is 5.69 Å². The van der Waals surface area contributed by atoms with Crippen molar-refractivity contribution in [2.75, 3.05) is 0 Å². The number of nitrogens with one attached hydrogen (secondary N) is 1. The Kier molecular flexibility index (Phi) is 5.64. The Hall–Kier alpha value is -2.33. The summed E-state index contributed by atoms with van der Waals surface area (Å²) in [6, 6.07) is 12.5. The van der Waals surface area contributed by atoms with E-state index in [4.69, 9.17) is 4.98 Å². The third-order valence-electron chi connectivity index (χ3n) is 5.28. The molecule has 1 aromatic carbocycles. The van der Waals surface area contributed by atoms with Crippen molar-refractivity contribution in [1.82, 2.24) is 29.3 Å². The van der Waals surface area contributed by atoms with Crippen LogP contribution in [0.2, 0.25) is 0 Å². The summed E-state index contributed by atoms with van der Waals surface area (Å²) in [4.78, 5) is 9.35. The average Bonchev–Trinajstić information content (AvgIpc) is 3.26. The average molecular weight is 570 g/mol. The predicted octanol–water partition coefficient (Wildman–Crippen LogP) is 4.48. The summed E-state index contributed by atoms with van der Waals surface area (Å²) < 4.78 is 5.64. The number of benzene rings is 1. The Morgan fingerprint density at radius 1 is 1.03 bits per heavy atom. The topological polar surface area (TPSA) is 64.3 Å². The number of hydrogen-bond donors (Lipinski definition) is 1.